The van der Waals surface area contributed by atoms with Crippen molar-refractivity contribution in [2.24, 2.45) is 0 Å². The van der Waals surface area contributed by atoms with E-state index in [2.05, 4.69) is 5.10 Å². The predicted molar refractivity (Wildman–Crippen MR) is 76.8 cm³/mol. The fraction of sp³-hybridized carbons (Fsp3) is 0.267. The molecular weight excluding hydrogens is 286 g/mol. The number of aromatic nitrogens is 2. The topological polar surface area (TPSA) is 84.7 Å². The van der Waals surface area contributed by atoms with Gasteiger partial charge in [-0.15, -0.1) is 0 Å². The van der Waals surface area contributed by atoms with Crippen molar-refractivity contribution in [3.63, 3.8) is 0 Å². The number of hydrogen-bond donors (Lipinski definition) is 1. The summed E-state index contributed by atoms with van der Waals surface area (Å²) in [5.41, 5.74) is 1.14. The first-order chi connectivity index (χ1) is 10.6. The first-order valence-corrected chi connectivity index (χ1v) is 6.90. The Morgan fingerprint density at radius 1 is 1.23 bits per heavy atom. The molecular formula is C15H15N3O4. The molecule has 1 aromatic heterocycles. The molecule has 1 aliphatic rings. The second kappa shape index (κ2) is 5.98. The number of carboxylic acid groups (broad SMARTS) is 1. The molecule has 3 rings (SSSR count). The Morgan fingerprint density at radius 3 is 2.73 bits per heavy atom. The van der Waals surface area contributed by atoms with Crippen LogP contribution < -0.4 is 0 Å². The normalized spacial score (nSPS) is 18.2. The van der Waals surface area contributed by atoms with Crippen LogP contribution >= 0.6 is 0 Å². The summed E-state index contributed by atoms with van der Waals surface area (Å²) in [6, 6.07) is 11.1. The van der Waals surface area contributed by atoms with Crippen LogP contribution in [0.15, 0.2) is 42.6 Å². The van der Waals surface area contributed by atoms with Gasteiger partial charge < -0.3 is 14.7 Å². The van der Waals surface area contributed by atoms with E-state index >= 15 is 0 Å². The second-order valence-electron chi connectivity index (χ2n) is 4.93. The van der Waals surface area contributed by atoms with E-state index in [1.807, 2.05) is 30.3 Å². The van der Waals surface area contributed by atoms with E-state index in [0.717, 1.165) is 5.69 Å². The summed E-state index contributed by atoms with van der Waals surface area (Å²) in [4.78, 5) is 24.8. The Balaban J connectivity index is 1.76. The lowest BCUT2D eigenvalue weighted by molar-refractivity contribution is -0.154. The highest BCUT2D eigenvalue weighted by atomic mass is 16.5. The number of carbonyl (C=O) groups excluding carboxylic acids is 1. The monoisotopic (exact) mass is 301 g/mol. The van der Waals surface area contributed by atoms with Crippen LogP contribution in [0.4, 0.5) is 0 Å². The van der Waals surface area contributed by atoms with Gasteiger partial charge in [-0.2, -0.15) is 5.10 Å². The Hall–Kier alpha value is -2.67. The summed E-state index contributed by atoms with van der Waals surface area (Å²) in [6.45, 7) is 0.606. The standard InChI is InChI=1S/C15H15N3O4/c19-14(17-8-9-22-13(10-17)15(20)21)12-6-7-18(16-12)11-4-2-1-3-5-11/h1-7,13H,8-10H2,(H,20,21)/t13-/m1/s1. The van der Waals surface area contributed by atoms with Crippen molar-refractivity contribution in [3.8, 4) is 5.69 Å². The molecule has 2 heterocycles. The van der Waals surface area contributed by atoms with Crippen molar-refractivity contribution in [3.05, 3.63) is 48.3 Å². The van der Waals surface area contributed by atoms with Crippen LogP contribution in [0.1, 0.15) is 10.5 Å². The molecule has 0 spiro atoms. The average Bonchev–Trinajstić information content (AvgIpc) is 3.05. The summed E-state index contributed by atoms with van der Waals surface area (Å²) >= 11 is 0. The van der Waals surface area contributed by atoms with Crippen LogP contribution in [0, 0.1) is 0 Å². The summed E-state index contributed by atoms with van der Waals surface area (Å²) in [7, 11) is 0. The van der Waals surface area contributed by atoms with Gasteiger partial charge in [0.25, 0.3) is 5.91 Å². The van der Waals surface area contributed by atoms with Crippen LogP contribution in [-0.2, 0) is 9.53 Å². The predicted octanol–water partition coefficient (Wildman–Crippen LogP) is 0.798. The van der Waals surface area contributed by atoms with Gasteiger partial charge in [0.15, 0.2) is 11.8 Å². The zero-order valence-corrected chi connectivity index (χ0v) is 11.8. The van der Waals surface area contributed by atoms with E-state index in [1.165, 1.54) is 4.90 Å². The SMILES string of the molecule is O=C(O)[C@H]1CN(C(=O)c2ccn(-c3ccccc3)n2)CCO1. The lowest BCUT2D eigenvalue weighted by Gasteiger charge is -2.30. The Kier molecular flexibility index (Phi) is 3.88. The Bertz CT molecular complexity index is 683. The highest BCUT2D eigenvalue weighted by Gasteiger charge is 2.30. The number of ether oxygens (including phenoxy) is 1. The summed E-state index contributed by atoms with van der Waals surface area (Å²) < 4.78 is 6.72. The Morgan fingerprint density at radius 2 is 2.00 bits per heavy atom. The van der Waals surface area contributed by atoms with Gasteiger partial charge in [0.1, 0.15) is 0 Å². The van der Waals surface area contributed by atoms with Gasteiger partial charge in [0.2, 0.25) is 0 Å². The molecule has 7 heteroatoms. The summed E-state index contributed by atoms with van der Waals surface area (Å²) in [6.07, 6.45) is 0.728. The molecule has 1 N–H and O–H groups in total. The molecule has 7 nitrogen and oxygen atoms in total. The molecule has 1 aliphatic heterocycles. The van der Waals surface area contributed by atoms with Crippen molar-refractivity contribution in [2.75, 3.05) is 19.7 Å². The highest BCUT2D eigenvalue weighted by Crippen LogP contribution is 2.12. The van der Waals surface area contributed by atoms with E-state index in [4.69, 9.17) is 9.84 Å². The molecule has 0 radical (unpaired) electrons. The minimum atomic E-state index is -1.06. The molecule has 1 amide bonds. The Labute approximate surface area is 126 Å². The lowest BCUT2D eigenvalue weighted by atomic mass is 10.2. The number of carbonyl (C=O) groups is 2. The molecule has 0 unspecified atom stereocenters. The smallest absolute Gasteiger partial charge is 0.334 e. The number of amides is 1. The van der Waals surface area contributed by atoms with Gasteiger partial charge in [-0.1, -0.05) is 18.2 Å². The van der Waals surface area contributed by atoms with Gasteiger partial charge in [-0.05, 0) is 18.2 Å². The van der Waals surface area contributed by atoms with Gasteiger partial charge in [-0.3, -0.25) is 4.79 Å². The molecule has 1 saturated heterocycles. The van der Waals surface area contributed by atoms with Crippen LogP contribution in [0.2, 0.25) is 0 Å². The number of hydrogen-bond acceptors (Lipinski definition) is 4. The maximum Gasteiger partial charge on any atom is 0.334 e. The number of benzene rings is 1. The molecule has 1 fully saturated rings. The van der Waals surface area contributed by atoms with E-state index < -0.39 is 12.1 Å². The number of aliphatic carboxylic acids is 1. The maximum atomic E-state index is 12.4. The summed E-state index contributed by atoms with van der Waals surface area (Å²) in [5, 5.41) is 13.2. The van der Waals surface area contributed by atoms with Crippen LogP contribution in [0.3, 0.4) is 0 Å². The van der Waals surface area contributed by atoms with Crippen LogP contribution in [0.25, 0.3) is 5.69 Å². The lowest BCUT2D eigenvalue weighted by Crippen LogP contribution is -2.48. The van der Waals surface area contributed by atoms with E-state index in [1.54, 1.807) is 16.9 Å². The number of para-hydroxylation sites is 1. The van der Waals surface area contributed by atoms with Crippen molar-refractivity contribution in [1.82, 2.24) is 14.7 Å². The zero-order chi connectivity index (χ0) is 15.5. The van der Waals surface area contributed by atoms with E-state index in [9.17, 15) is 9.59 Å². The van der Waals surface area contributed by atoms with Crippen molar-refractivity contribution < 1.29 is 19.4 Å². The third-order valence-electron chi connectivity index (χ3n) is 3.46. The molecule has 114 valence electrons. The third kappa shape index (κ3) is 2.84. The zero-order valence-electron chi connectivity index (χ0n) is 11.8. The molecule has 0 aliphatic carbocycles. The van der Waals surface area contributed by atoms with Crippen LogP contribution in [0.5, 0.6) is 0 Å². The fourth-order valence-corrected chi connectivity index (χ4v) is 2.31. The highest BCUT2D eigenvalue weighted by molar-refractivity contribution is 5.92. The molecule has 0 bridgehead atoms. The van der Waals surface area contributed by atoms with Crippen LogP contribution in [-0.4, -0.2) is 57.5 Å². The number of rotatable bonds is 3. The molecule has 0 saturated carbocycles. The fourth-order valence-electron chi connectivity index (χ4n) is 2.31. The molecule has 22 heavy (non-hydrogen) atoms. The van der Waals surface area contributed by atoms with Gasteiger partial charge >= 0.3 is 5.97 Å². The molecule has 1 atom stereocenters. The first kappa shape index (κ1) is 14.3. The minimum Gasteiger partial charge on any atom is -0.479 e. The largest absolute Gasteiger partial charge is 0.479 e. The third-order valence-corrected chi connectivity index (χ3v) is 3.46. The average molecular weight is 301 g/mol. The molecule has 2 aromatic rings. The van der Waals surface area contributed by atoms with E-state index in [0.29, 0.717) is 6.54 Å². The number of carboxylic acids is 1. The second-order valence-corrected chi connectivity index (χ2v) is 4.93. The van der Waals surface area contributed by atoms with Crippen molar-refractivity contribution >= 4 is 11.9 Å². The van der Waals surface area contributed by atoms with Crippen molar-refractivity contribution in [2.45, 2.75) is 6.10 Å². The van der Waals surface area contributed by atoms with Gasteiger partial charge in [0, 0.05) is 12.7 Å². The van der Waals surface area contributed by atoms with Gasteiger partial charge in [0.05, 0.1) is 18.8 Å². The minimum absolute atomic E-state index is 0.0341. The van der Waals surface area contributed by atoms with Crippen molar-refractivity contribution in [1.29, 1.82) is 0 Å². The number of morpholine rings is 1. The number of nitrogens with zero attached hydrogens (tertiary/aromatic N) is 3. The van der Waals surface area contributed by atoms with E-state index in [-0.39, 0.29) is 24.8 Å². The molecule has 1 aromatic carbocycles. The first-order valence-electron chi connectivity index (χ1n) is 6.90. The quantitative estimate of drug-likeness (QED) is 0.906. The summed E-state index contributed by atoms with van der Waals surface area (Å²) in [5.74, 6) is -1.35. The van der Waals surface area contributed by atoms with Gasteiger partial charge in [-0.25, -0.2) is 9.48 Å². The maximum absolute atomic E-state index is 12.4.